The van der Waals surface area contributed by atoms with Gasteiger partial charge < -0.3 is 24.1 Å². The van der Waals surface area contributed by atoms with Crippen molar-refractivity contribution in [3.63, 3.8) is 0 Å². The Hall–Kier alpha value is -1.46. The monoisotopic (exact) mass is 240 g/mol. The number of phenolic OH excluding ortho intramolecular Hbond substituents is 1. The molecule has 5 heteroatoms. The van der Waals surface area contributed by atoms with Crippen LogP contribution in [0.15, 0.2) is 6.07 Å². The second kappa shape index (κ2) is 4.81. The molecule has 0 fully saturated rings. The van der Waals surface area contributed by atoms with E-state index < -0.39 is 0 Å². The molecule has 0 saturated carbocycles. The second-order valence-electron chi connectivity index (χ2n) is 3.78. The van der Waals surface area contributed by atoms with Crippen molar-refractivity contribution in [3.05, 3.63) is 17.2 Å². The van der Waals surface area contributed by atoms with Gasteiger partial charge in [0.1, 0.15) is 0 Å². The number of hydrogen-bond acceptors (Lipinski definition) is 5. The molecular formula is C12H16O5. The van der Waals surface area contributed by atoms with E-state index in [9.17, 15) is 5.11 Å². The molecule has 0 bridgehead atoms. The van der Waals surface area contributed by atoms with Gasteiger partial charge >= 0.3 is 0 Å². The molecule has 0 spiro atoms. The van der Waals surface area contributed by atoms with E-state index in [0.717, 1.165) is 11.1 Å². The molecule has 0 aliphatic carbocycles. The summed E-state index contributed by atoms with van der Waals surface area (Å²) in [7, 11) is 4.62. The van der Waals surface area contributed by atoms with Crippen molar-refractivity contribution in [2.45, 2.75) is 19.3 Å². The molecule has 1 atom stereocenters. The van der Waals surface area contributed by atoms with Crippen LogP contribution in [0.3, 0.4) is 0 Å². The molecule has 0 radical (unpaired) electrons. The average molecular weight is 240 g/mol. The largest absolute Gasteiger partial charge is 0.504 e. The van der Waals surface area contributed by atoms with Gasteiger partial charge in [-0.1, -0.05) is 0 Å². The quantitative estimate of drug-likeness (QED) is 0.866. The highest BCUT2D eigenvalue weighted by molar-refractivity contribution is 5.58. The summed E-state index contributed by atoms with van der Waals surface area (Å²) in [5, 5.41) is 10.1. The van der Waals surface area contributed by atoms with Gasteiger partial charge in [0.15, 0.2) is 17.8 Å². The van der Waals surface area contributed by atoms with E-state index in [2.05, 4.69) is 0 Å². The van der Waals surface area contributed by atoms with E-state index in [0.29, 0.717) is 24.5 Å². The number of fused-ring (bicyclic) bond motifs is 1. The fourth-order valence-corrected chi connectivity index (χ4v) is 1.97. The average Bonchev–Trinajstić information content (AvgIpc) is 2.37. The maximum atomic E-state index is 10.1. The molecule has 1 aromatic carbocycles. The van der Waals surface area contributed by atoms with Crippen molar-refractivity contribution in [2.75, 3.05) is 21.3 Å². The van der Waals surface area contributed by atoms with Crippen molar-refractivity contribution in [2.24, 2.45) is 0 Å². The summed E-state index contributed by atoms with van der Waals surface area (Å²) in [6.07, 6.45) is 0.305. The minimum atomic E-state index is -0.278. The number of ether oxygens (including phenoxy) is 4. The van der Waals surface area contributed by atoms with Crippen LogP contribution in [-0.4, -0.2) is 32.7 Å². The van der Waals surface area contributed by atoms with Crippen LogP contribution in [0.2, 0.25) is 0 Å². The first-order chi connectivity index (χ1) is 8.21. The highest BCUT2D eigenvalue weighted by Gasteiger charge is 2.25. The van der Waals surface area contributed by atoms with Gasteiger partial charge in [-0.15, -0.1) is 0 Å². The highest BCUT2D eigenvalue weighted by Crippen LogP contribution is 2.43. The Balaban J connectivity index is 2.46. The fourth-order valence-electron chi connectivity index (χ4n) is 1.97. The number of benzene rings is 1. The number of aromatic hydroxyl groups is 1. The van der Waals surface area contributed by atoms with Gasteiger partial charge in [0, 0.05) is 19.1 Å². The lowest BCUT2D eigenvalue weighted by Gasteiger charge is -2.26. The molecular weight excluding hydrogens is 224 g/mol. The Bertz CT molecular complexity index is 416. The van der Waals surface area contributed by atoms with Gasteiger partial charge in [-0.25, -0.2) is 0 Å². The predicted molar refractivity (Wildman–Crippen MR) is 60.5 cm³/mol. The molecule has 1 aliphatic heterocycles. The lowest BCUT2D eigenvalue weighted by atomic mass is 10.00. The molecule has 1 aromatic rings. The third-order valence-electron chi connectivity index (χ3n) is 2.90. The van der Waals surface area contributed by atoms with Crippen LogP contribution in [0.25, 0.3) is 0 Å². The standard InChI is InChI=1S/C12H16O5/c1-14-9-4-7-5-10(15-2)17-6-8(7)11(13)12(9)16-3/h4,10,13H,5-6H2,1-3H3. The zero-order valence-electron chi connectivity index (χ0n) is 10.1. The summed E-state index contributed by atoms with van der Waals surface area (Å²) in [6, 6.07) is 1.85. The molecule has 17 heavy (non-hydrogen) atoms. The van der Waals surface area contributed by atoms with E-state index >= 15 is 0 Å². The van der Waals surface area contributed by atoms with Crippen LogP contribution < -0.4 is 9.47 Å². The van der Waals surface area contributed by atoms with Crippen LogP contribution in [0.5, 0.6) is 17.2 Å². The second-order valence-corrected chi connectivity index (χ2v) is 3.78. The SMILES string of the molecule is COc1cc2c(c(O)c1OC)COC(OC)C2. The maximum absolute atomic E-state index is 10.1. The van der Waals surface area contributed by atoms with Crippen molar-refractivity contribution in [1.29, 1.82) is 0 Å². The normalized spacial score (nSPS) is 18.6. The summed E-state index contributed by atoms with van der Waals surface area (Å²) < 4.78 is 20.9. The maximum Gasteiger partial charge on any atom is 0.203 e. The zero-order valence-corrected chi connectivity index (χ0v) is 10.1. The van der Waals surface area contributed by atoms with E-state index in [4.69, 9.17) is 18.9 Å². The van der Waals surface area contributed by atoms with E-state index in [-0.39, 0.29) is 12.0 Å². The van der Waals surface area contributed by atoms with Gasteiger partial charge in [-0.3, -0.25) is 0 Å². The number of phenols is 1. The van der Waals surface area contributed by atoms with Crippen LogP contribution in [0.1, 0.15) is 11.1 Å². The van der Waals surface area contributed by atoms with Crippen LogP contribution >= 0.6 is 0 Å². The minimum absolute atomic E-state index is 0.0800. The Morgan fingerprint density at radius 2 is 2.06 bits per heavy atom. The topological polar surface area (TPSA) is 57.2 Å². The zero-order chi connectivity index (χ0) is 12.4. The summed E-state index contributed by atoms with van der Waals surface area (Å²) in [6.45, 7) is 0.306. The van der Waals surface area contributed by atoms with Gasteiger partial charge in [0.25, 0.3) is 0 Å². The van der Waals surface area contributed by atoms with Gasteiger partial charge in [-0.2, -0.15) is 0 Å². The van der Waals surface area contributed by atoms with E-state index in [1.807, 2.05) is 6.07 Å². The van der Waals surface area contributed by atoms with Gasteiger partial charge in [0.2, 0.25) is 5.75 Å². The first-order valence-corrected chi connectivity index (χ1v) is 5.31. The molecule has 0 saturated heterocycles. The van der Waals surface area contributed by atoms with Crippen LogP contribution in [-0.2, 0) is 22.5 Å². The lowest BCUT2D eigenvalue weighted by Crippen LogP contribution is -2.24. The molecule has 1 heterocycles. The fraction of sp³-hybridized carbons (Fsp3) is 0.500. The molecule has 94 valence electrons. The van der Waals surface area contributed by atoms with Crippen molar-refractivity contribution >= 4 is 0 Å². The summed E-state index contributed by atoms with van der Waals surface area (Å²) in [5.74, 6) is 0.933. The Kier molecular flexibility index (Phi) is 3.40. The van der Waals surface area contributed by atoms with E-state index in [1.54, 1.807) is 7.11 Å². The molecule has 2 rings (SSSR count). The summed E-state index contributed by atoms with van der Waals surface area (Å²) >= 11 is 0. The molecule has 1 N–H and O–H groups in total. The van der Waals surface area contributed by atoms with Crippen LogP contribution in [0.4, 0.5) is 0 Å². The van der Waals surface area contributed by atoms with E-state index in [1.165, 1.54) is 14.2 Å². The first kappa shape index (κ1) is 12.0. The van der Waals surface area contributed by atoms with Gasteiger partial charge in [0.05, 0.1) is 20.8 Å². The summed E-state index contributed by atoms with van der Waals surface area (Å²) in [5.41, 5.74) is 1.69. The Morgan fingerprint density at radius 3 is 2.65 bits per heavy atom. The van der Waals surface area contributed by atoms with Crippen molar-refractivity contribution in [3.8, 4) is 17.2 Å². The number of rotatable bonds is 3. The smallest absolute Gasteiger partial charge is 0.203 e. The van der Waals surface area contributed by atoms with Crippen LogP contribution in [0, 0.1) is 0 Å². The van der Waals surface area contributed by atoms with Crippen molar-refractivity contribution in [1.82, 2.24) is 0 Å². The highest BCUT2D eigenvalue weighted by atomic mass is 16.7. The summed E-state index contributed by atoms with van der Waals surface area (Å²) in [4.78, 5) is 0. The third kappa shape index (κ3) is 2.03. The Labute approximate surface area is 99.9 Å². The molecule has 0 amide bonds. The Morgan fingerprint density at radius 1 is 1.29 bits per heavy atom. The number of methoxy groups -OCH3 is 3. The third-order valence-corrected chi connectivity index (χ3v) is 2.90. The van der Waals surface area contributed by atoms with Gasteiger partial charge in [-0.05, 0) is 11.6 Å². The predicted octanol–water partition coefficient (Wildman–Crippen LogP) is 1.45. The number of hydrogen-bond donors (Lipinski definition) is 1. The molecule has 0 aromatic heterocycles. The molecule has 5 nitrogen and oxygen atoms in total. The molecule has 1 aliphatic rings. The van der Waals surface area contributed by atoms with Crippen molar-refractivity contribution < 1.29 is 24.1 Å². The lowest BCUT2D eigenvalue weighted by molar-refractivity contribution is -0.138. The first-order valence-electron chi connectivity index (χ1n) is 5.31. The minimum Gasteiger partial charge on any atom is -0.504 e. The molecule has 1 unspecified atom stereocenters.